The molecule has 7 heteroatoms. The minimum Gasteiger partial charge on any atom is -0.352 e. The van der Waals surface area contributed by atoms with Gasteiger partial charge in [0.25, 0.3) is 11.6 Å². The van der Waals surface area contributed by atoms with Gasteiger partial charge in [-0.15, -0.1) is 0 Å². The fourth-order valence-corrected chi connectivity index (χ4v) is 1.40. The number of nitrogens with zero attached hydrogens (tertiary/aromatic N) is 1. The van der Waals surface area contributed by atoms with Crippen LogP contribution in [-0.2, 0) is 0 Å². The smallest absolute Gasteiger partial charge is 0.270 e. The van der Waals surface area contributed by atoms with Gasteiger partial charge in [0, 0.05) is 18.7 Å². The van der Waals surface area contributed by atoms with E-state index in [2.05, 4.69) is 5.32 Å². The highest BCUT2D eigenvalue weighted by Crippen LogP contribution is 2.21. The molecule has 1 aromatic carbocycles. The van der Waals surface area contributed by atoms with Gasteiger partial charge in [0.15, 0.2) is 0 Å². The predicted octanol–water partition coefficient (Wildman–Crippen LogP) is 1.33. The number of hydrogen-bond donors (Lipinski definition) is 2. The Labute approximate surface area is 103 Å². The fourth-order valence-electron chi connectivity index (χ4n) is 1.20. The Balaban J connectivity index is 2.84. The summed E-state index contributed by atoms with van der Waals surface area (Å²) >= 11 is 5.80. The number of amides is 1. The second-order valence-electron chi connectivity index (χ2n) is 3.32. The number of hydrogen-bond acceptors (Lipinski definition) is 4. The molecule has 6 nitrogen and oxygen atoms in total. The third-order valence-corrected chi connectivity index (χ3v) is 2.40. The molecule has 0 aliphatic rings. The molecular weight excluding hydrogens is 246 g/mol. The molecule has 1 amide bonds. The summed E-state index contributed by atoms with van der Waals surface area (Å²) in [4.78, 5) is 21.6. The number of carbonyl (C=O) groups is 1. The Morgan fingerprint density at radius 1 is 1.53 bits per heavy atom. The summed E-state index contributed by atoms with van der Waals surface area (Å²) in [5.74, 6) is -0.438. The van der Waals surface area contributed by atoms with Crippen molar-refractivity contribution >= 4 is 23.2 Å². The van der Waals surface area contributed by atoms with Crippen molar-refractivity contribution < 1.29 is 9.72 Å². The van der Waals surface area contributed by atoms with Crippen molar-refractivity contribution in [2.75, 3.05) is 13.1 Å². The quantitative estimate of drug-likeness (QED) is 0.472. The lowest BCUT2D eigenvalue weighted by Crippen LogP contribution is -2.26. The van der Waals surface area contributed by atoms with Crippen LogP contribution in [0.1, 0.15) is 16.8 Å². The van der Waals surface area contributed by atoms with Gasteiger partial charge in [-0.2, -0.15) is 0 Å². The summed E-state index contributed by atoms with van der Waals surface area (Å²) in [5.41, 5.74) is 5.21. The van der Waals surface area contributed by atoms with Gasteiger partial charge in [-0.1, -0.05) is 11.6 Å². The number of benzene rings is 1. The Morgan fingerprint density at radius 2 is 2.24 bits per heavy atom. The van der Waals surface area contributed by atoms with Crippen LogP contribution in [0.2, 0.25) is 5.02 Å². The first-order valence-corrected chi connectivity index (χ1v) is 5.36. The van der Waals surface area contributed by atoms with E-state index in [1.807, 2.05) is 0 Å². The Morgan fingerprint density at radius 3 is 2.82 bits per heavy atom. The van der Waals surface area contributed by atoms with Crippen LogP contribution in [0, 0.1) is 10.1 Å². The van der Waals surface area contributed by atoms with Crippen LogP contribution in [0.25, 0.3) is 0 Å². The summed E-state index contributed by atoms with van der Waals surface area (Å²) in [5, 5.41) is 13.3. The molecule has 0 fully saturated rings. The average molecular weight is 258 g/mol. The van der Waals surface area contributed by atoms with Crippen LogP contribution in [0.4, 0.5) is 5.69 Å². The molecule has 0 aromatic heterocycles. The molecule has 0 aliphatic carbocycles. The zero-order valence-corrected chi connectivity index (χ0v) is 9.74. The van der Waals surface area contributed by atoms with Crippen LogP contribution >= 0.6 is 11.6 Å². The molecule has 3 N–H and O–H groups in total. The number of non-ortho nitro benzene ring substituents is 1. The van der Waals surface area contributed by atoms with E-state index in [0.717, 1.165) is 6.07 Å². The van der Waals surface area contributed by atoms with Crippen molar-refractivity contribution in [3.8, 4) is 0 Å². The second kappa shape index (κ2) is 6.17. The van der Waals surface area contributed by atoms with E-state index in [1.54, 1.807) is 0 Å². The van der Waals surface area contributed by atoms with Crippen LogP contribution in [0.15, 0.2) is 18.2 Å². The third-order valence-electron chi connectivity index (χ3n) is 2.07. The van der Waals surface area contributed by atoms with E-state index >= 15 is 0 Å². The summed E-state index contributed by atoms with van der Waals surface area (Å²) in [6, 6.07) is 3.73. The van der Waals surface area contributed by atoms with E-state index < -0.39 is 10.8 Å². The lowest BCUT2D eigenvalue weighted by Gasteiger charge is -2.05. The van der Waals surface area contributed by atoms with Gasteiger partial charge in [0.2, 0.25) is 0 Å². The summed E-state index contributed by atoms with van der Waals surface area (Å²) in [6.45, 7) is 0.872. The molecule has 17 heavy (non-hydrogen) atoms. The number of nitrogens with two attached hydrogens (primary N) is 1. The minimum absolute atomic E-state index is 0.0953. The van der Waals surface area contributed by atoms with E-state index in [1.165, 1.54) is 12.1 Å². The molecule has 0 spiro atoms. The van der Waals surface area contributed by atoms with Crippen LogP contribution < -0.4 is 11.1 Å². The van der Waals surface area contributed by atoms with Gasteiger partial charge in [0.1, 0.15) is 0 Å². The summed E-state index contributed by atoms with van der Waals surface area (Å²) in [6.07, 6.45) is 0.637. The number of nitrogens with one attached hydrogen (secondary N) is 1. The summed E-state index contributed by atoms with van der Waals surface area (Å²) in [7, 11) is 0. The van der Waals surface area contributed by atoms with Gasteiger partial charge >= 0.3 is 0 Å². The first-order valence-electron chi connectivity index (χ1n) is 4.98. The van der Waals surface area contributed by atoms with Crippen molar-refractivity contribution in [1.29, 1.82) is 0 Å². The van der Waals surface area contributed by atoms with Crippen molar-refractivity contribution in [3.05, 3.63) is 38.9 Å². The number of nitro groups is 1. The normalized spacial score (nSPS) is 10.0. The molecule has 0 bridgehead atoms. The summed E-state index contributed by atoms with van der Waals surface area (Å²) < 4.78 is 0. The maximum atomic E-state index is 11.7. The number of halogens is 1. The van der Waals surface area contributed by atoms with Crippen molar-refractivity contribution in [1.82, 2.24) is 5.32 Å². The highest BCUT2D eigenvalue weighted by atomic mass is 35.5. The molecule has 0 unspecified atom stereocenters. The van der Waals surface area contributed by atoms with Crippen LogP contribution in [0.5, 0.6) is 0 Å². The molecule has 92 valence electrons. The maximum Gasteiger partial charge on any atom is 0.270 e. The zero-order chi connectivity index (χ0) is 12.8. The Kier molecular flexibility index (Phi) is 4.86. The van der Waals surface area contributed by atoms with Crippen LogP contribution in [-0.4, -0.2) is 23.9 Å². The molecular formula is C10H12ClN3O3. The van der Waals surface area contributed by atoms with Gasteiger partial charge < -0.3 is 11.1 Å². The number of carbonyl (C=O) groups excluding carboxylic acids is 1. The number of nitro benzene ring substituents is 1. The molecule has 0 atom stereocenters. The predicted molar refractivity (Wildman–Crippen MR) is 64.1 cm³/mol. The highest BCUT2D eigenvalue weighted by molar-refractivity contribution is 6.33. The molecule has 0 heterocycles. The maximum absolute atomic E-state index is 11.7. The first kappa shape index (κ1) is 13.4. The van der Waals surface area contributed by atoms with Gasteiger partial charge in [-0.25, -0.2) is 0 Å². The van der Waals surface area contributed by atoms with Gasteiger partial charge in [-0.3, -0.25) is 14.9 Å². The van der Waals surface area contributed by atoms with Gasteiger partial charge in [0.05, 0.1) is 15.5 Å². The SMILES string of the molecule is NCCCNC(=O)c1cc([N+](=O)[O-])ccc1Cl. The monoisotopic (exact) mass is 257 g/mol. The first-order chi connectivity index (χ1) is 8.06. The largest absolute Gasteiger partial charge is 0.352 e. The lowest BCUT2D eigenvalue weighted by atomic mass is 10.2. The van der Waals surface area contributed by atoms with Crippen molar-refractivity contribution in [2.24, 2.45) is 5.73 Å². The Hall–Kier alpha value is -1.66. The topological polar surface area (TPSA) is 98.3 Å². The van der Waals surface area contributed by atoms with E-state index in [9.17, 15) is 14.9 Å². The standard InChI is InChI=1S/C10H12ClN3O3/c11-9-3-2-7(14(16)17)6-8(9)10(15)13-5-1-4-12/h2-3,6H,1,4-5,12H2,(H,13,15). The lowest BCUT2D eigenvalue weighted by molar-refractivity contribution is -0.384. The molecule has 1 rings (SSSR count). The Bertz CT molecular complexity index is 437. The molecule has 0 radical (unpaired) electrons. The molecule has 1 aromatic rings. The molecule has 0 saturated heterocycles. The molecule has 0 aliphatic heterocycles. The zero-order valence-electron chi connectivity index (χ0n) is 8.98. The second-order valence-corrected chi connectivity index (χ2v) is 3.73. The van der Waals surface area contributed by atoms with E-state index in [0.29, 0.717) is 19.5 Å². The van der Waals surface area contributed by atoms with E-state index in [4.69, 9.17) is 17.3 Å². The van der Waals surface area contributed by atoms with Gasteiger partial charge in [-0.05, 0) is 19.0 Å². The minimum atomic E-state index is -0.576. The highest BCUT2D eigenvalue weighted by Gasteiger charge is 2.15. The van der Waals surface area contributed by atoms with Crippen molar-refractivity contribution in [2.45, 2.75) is 6.42 Å². The van der Waals surface area contributed by atoms with E-state index in [-0.39, 0.29) is 16.3 Å². The molecule has 0 saturated carbocycles. The third kappa shape index (κ3) is 3.69. The number of rotatable bonds is 5. The van der Waals surface area contributed by atoms with Crippen LogP contribution in [0.3, 0.4) is 0 Å². The van der Waals surface area contributed by atoms with Crippen molar-refractivity contribution in [3.63, 3.8) is 0 Å². The fraction of sp³-hybridized carbons (Fsp3) is 0.300. The average Bonchev–Trinajstić information content (AvgIpc) is 2.29.